The Kier molecular flexibility index (Phi) is 6570. The van der Waals surface area contributed by atoms with Crippen LogP contribution in [0.25, 0.3) is 0 Å². The molecule has 25 N–H and O–H groups in total. The van der Waals surface area contributed by atoms with Gasteiger partial charge in [0.1, 0.15) is 33.9 Å². The third-order valence-corrected chi connectivity index (χ3v) is 2.57. The van der Waals surface area contributed by atoms with Crippen molar-refractivity contribution in [2.45, 2.75) is 196 Å². The van der Waals surface area contributed by atoms with E-state index < -0.39 is 0 Å². The van der Waals surface area contributed by atoms with Gasteiger partial charge in [0.05, 0.1) is 0 Å². The van der Waals surface area contributed by atoms with Gasteiger partial charge < -0.3 is 82.6 Å². The zero-order chi connectivity index (χ0) is 24.5. The van der Waals surface area contributed by atoms with Gasteiger partial charge in [-0.25, -0.2) is 0 Å². The van der Waals surface area contributed by atoms with E-state index >= 15 is 0 Å². The van der Waals surface area contributed by atoms with Gasteiger partial charge in [0, 0.05) is 0 Å². The Morgan fingerprint density at radius 2 is 0.360 bits per heavy atom. The first-order valence-corrected chi connectivity index (χ1v) is 9.59. The maximum Gasteiger partial charge on any atom is 0.106 e. The van der Waals surface area contributed by atoms with Crippen LogP contribution in [0.5, 0.6) is 0 Å². The fourth-order valence-corrected chi connectivity index (χ4v) is 1.29. The van der Waals surface area contributed by atoms with Crippen molar-refractivity contribution in [2.75, 3.05) is 13.1 Å². The van der Waals surface area contributed by atoms with Gasteiger partial charge >= 0.3 is 0 Å². The van der Waals surface area contributed by atoms with Crippen LogP contribution in [0.2, 0.25) is 0 Å². The van der Waals surface area contributed by atoms with Crippen LogP contribution in [0.4, 0.5) is 0 Å². The monoisotopic (exact) mass is 774 g/mol. The first-order chi connectivity index (χ1) is 13.7. The lowest BCUT2D eigenvalue weighted by Crippen LogP contribution is -1.96. The van der Waals surface area contributed by atoms with Crippen LogP contribution in [-0.2, 0) is 24.0 Å². The van der Waals surface area contributed by atoms with Crippen LogP contribution in [-0.4, -0.2) is 63.5 Å². The van der Waals surface area contributed by atoms with Crippen molar-refractivity contribution >= 4 is 33.9 Å². The van der Waals surface area contributed by atoms with Crippen molar-refractivity contribution < 1.29 is 40.4 Å². The second-order valence-corrected chi connectivity index (χ2v) is 4.70. The van der Waals surface area contributed by atoms with E-state index in [1.54, 1.807) is 0 Å². The van der Waals surface area contributed by atoms with E-state index in [1.807, 2.05) is 33.9 Å². The molecule has 0 radical (unpaired) electrons. The molecule has 0 bridgehead atoms. The average molecular weight is 774 g/mol. The summed E-state index contributed by atoms with van der Waals surface area (Å²) in [7, 11) is 0. The van der Waals surface area contributed by atoms with E-state index in [2.05, 4.69) is 27.7 Å². The van der Waals surface area contributed by atoms with Crippen molar-refractivity contribution in [1.82, 2.24) is 30.8 Å². The molecule has 50 heavy (non-hydrogen) atoms. The predicted molar refractivity (Wildman–Crippen MR) is 253 cm³/mol. The summed E-state index contributed by atoms with van der Waals surface area (Å²) in [5, 5.41) is 0. The lowest BCUT2D eigenvalue weighted by Gasteiger charge is -1.86. The molecule has 0 unspecified atom stereocenters. The molecule has 0 atom stereocenters. The summed E-state index contributed by atoms with van der Waals surface area (Å²) in [5.74, 6) is 0. The van der Waals surface area contributed by atoms with E-state index in [0.717, 1.165) is 13.1 Å². The van der Waals surface area contributed by atoms with Gasteiger partial charge in [-0.15, -0.1) is 0 Å². The highest BCUT2D eigenvalue weighted by molar-refractivity contribution is 5.11. The molecule has 0 aliphatic heterocycles. The zero-order valence-electron chi connectivity index (χ0n) is 24.3. The Balaban J connectivity index is -0.00000000318. The van der Waals surface area contributed by atoms with Gasteiger partial charge in [0.15, 0.2) is 0 Å². The number of hydrogen-bond acceptors (Lipinski definition) is 12. The van der Waals surface area contributed by atoms with Crippen LogP contribution in [0.3, 0.4) is 0 Å². The highest BCUT2D eigenvalue weighted by Crippen LogP contribution is 1.95. The lowest BCUT2D eigenvalue weighted by molar-refractivity contribution is -0.0987. The maximum absolute atomic E-state index is 8.00. The summed E-state index contributed by atoms with van der Waals surface area (Å²) in [5.41, 5.74) is 10.4. The summed E-state index contributed by atoms with van der Waals surface area (Å²) >= 11 is 0. The Morgan fingerprint density at radius 3 is 0.400 bits per heavy atom. The van der Waals surface area contributed by atoms with Gasteiger partial charge in [-0.2, -0.15) is 0 Å². The largest absolute Gasteiger partial charge is 0.412 e. The maximum atomic E-state index is 8.00. The number of rotatable bonds is 9. The summed E-state index contributed by atoms with van der Waals surface area (Å²) in [6.07, 6.45) is 13.0. The van der Waals surface area contributed by atoms with Gasteiger partial charge in [0.25, 0.3) is 0 Å². The molecule has 0 saturated heterocycles. The SMILES string of the molecule is C.C.C.C.C.C.C.C.C.C.C.C.C.C.C=O.C=O.C=O.C=O.C=O.CCCCCC.CCCCCN.CCCCCN.N.N.N.N.N.O.O.O. The number of unbranched alkanes of at least 4 members (excludes halogenated alkanes) is 7. The van der Waals surface area contributed by atoms with Crippen LogP contribution in [0, 0.1) is 0 Å². The Bertz CT molecular complexity index is 155. The fraction of sp³-hybridized carbons (Fsp3) is 0.857. The number of carbonyl (C=O) groups is 5. The summed E-state index contributed by atoms with van der Waals surface area (Å²) in [6, 6.07) is 0. The van der Waals surface area contributed by atoms with Crippen LogP contribution in [0.1, 0.15) is 196 Å². The third-order valence-electron chi connectivity index (χ3n) is 2.57. The summed E-state index contributed by atoms with van der Waals surface area (Å²) in [6.45, 7) is 20.5. The fourth-order valence-electron chi connectivity index (χ4n) is 1.29. The molecular weight excluding hydrogens is 646 g/mol. The van der Waals surface area contributed by atoms with Gasteiger partial charge in [0.2, 0.25) is 0 Å². The molecular formula is C35H127N7O8. The van der Waals surface area contributed by atoms with Crippen molar-refractivity contribution in [3.05, 3.63) is 0 Å². The third kappa shape index (κ3) is 1920. The second-order valence-electron chi connectivity index (χ2n) is 4.70. The minimum absolute atomic E-state index is 0. The smallest absolute Gasteiger partial charge is 0.106 e. The Labute approximate surface area is 325 Å². The van der Waals surface area contributed by atoms with Gasteiger partial charge in [-0.3, -0.25) is 0 Å². The molecule has 15 nitrogen and oxygen atoms in total. The number of carbonyl (C=O) groups excluding carboxylic acids is 5. The van der Waals surface area contributed by atoms with Crippen molar-refractivity contribution in [3.63, 3.8) is 0 Å². The highest BCUT2D eigenvalue weighted by Gasteiger charge is 1.76. The molecule has 0 saturated carbocycles. The molecule has 0 amide bonds. The summed E-state index contributed by atoms with van der Waals surface area (Å²) in [4.78, 5) is 40.0. The molecule has 0 aliphatic carbocycles. The average Bonchev–Trinajstić information content (AvgIpc) is 2.82. The molecule has 0 aromatic carbocycles. The Hall–Kier alpha value is -2.05. The minimum atomic E-state index is 0. The minimum Gasteiger partial charge on any atom is -0.412 e. The first kappa shape index (κ1) is 328. The Morgan fingerprint density at radius 1 is 0.280 bits per heavy atom. The van der Waals surface area contributed by atoms with Crippen LogP contribution < -0.4 is 42.2 Å². The molecule has 0 aromatic heterocycles. The van der Waals surface area contributed by atoms with Crippen molar-refractivity contribution in [1.29, 1.82) is 0 Å². The van der Waals surface area contributed by atoms with E-state index in [-0.39, 0.29) is 151 Å². The molecule has 0 heterocycles. The molecule has 0 fully saturated rings. The number of nitrogens with two attached hydrogens (primary N) is 2. The van der Waals surface area contributed by atoms with Gasteiger partial charge in [-0.05, 0) is 25.9 Å². The van der Waals surface area contributed by atoms with E-state index in [9.17, 15) is 0 Å². The molecule has 0 spiro atoms. The standard InChI is InChI=1S/C6H14.2C5H13N.5CH2O.14CH4.5H3N.3H2O/c1-3-5-6-4-2;2*1-2-3-4-5-6;5*1-2;;;;;;;;;;;;;;;;;;;;;;/h3-6H2,1-2H3;2*2-6H2,1H3;5*1H2;14*1H4;5*1H3;3*1H2. The van der Waals surface area contributed by atoms with Crippen LogP contribution in [0.15, 0.2) is 0 Å². The van der Waals surface area contributed by atoms with Crippen molar-refractivity contribution in [2.24, 2.45) is 11.5 Å². The van der Waals surface area contributed by atoms with E-state index in [1.165, 1.54) is 64.2 Å². The highest BCUT2D eigenvalue weighted by atomic mass is 16.1. The molecule has 0 aromatic rings. The quantitative estimate of drug-likeness (QED) is 0.107. The van der Waals surface area contributed by atoms with E-state index in [0.29, 0.717) is 0 Å². The first-order valence-electron chi connectivity index (χ1n) is 9.59. The normalized spacial score (nSPS) is 3.64. The van der Waals surface area contributed by atoms with Crippen LogP contribution >= 0.6 is 0 Å². The topological polar surface area (TPSA) is 407 Å². The molecule has 350 valence electrons. The van der Waals surface area contributed by atoms with Crippen molar-refractivity contribution in [3.8, 4) is 0 Å². The molecule has 15 heteroatoms. The zero-order valence-corrected chi connectivity index (χ0v) is 24.3. The van der Waals surface area contributed by atoms with Gasteiger partial charge in [-0.1, -0.05) is 183 Å². The van der Waals surface area contributed by atoms with E-state index in [4.69, 9.17) is 35.4 Å². The molecule has 0 rings (SSSR count). The number of hydrogen-bond donors (Lipinski definition) is 7. The second kappa shape index (κ2) is 1000. The predicted octanol–water partition coefficient (Wildman–Crippen LogP) is 11.2. The summed E-state index contributed by atoms with van der Waals surface area (Å²) < 4.78 is 0. The lowest BCUT2D eigenvalue weighted by atomic mass is 10.2. The molecule has 0 aliphatic rings.